The molecule has 0 saturated heterocycles. The molecule has 0 unspecified atom stereocenters. The number of nitrogen functional groups attached to an aromatic ring is 1. The smallest absolute Gasteiger partial charge is 0.159 e. The average molecular weight is 235 g/mol. The molecule has 18 heavy (non-hydrogen) atoms. The number of anilines is 1. The first-order valence-electron chi connectivity index (χ1n) is 5.82. The molecule has 2 N–H and O–H groups in total. The molecule has 0 aliphatic carbocycles. The lowest BCUT2D eigenvalue weighted by Gasteiger charge is -2.05. The van der Waals surface area contributed by atoms with Gasteiger partial charge in [-0.15, -0.1) is 0 Å². The van der Waals surface area contributed by atoms with Gasteiger partial charge in [0.1, 0.15) is 0 Å². The molecule has 0 aliphatic rings. The van der Waals surface area contributed by atoms with Gasteiger partial charge < -0.3 is 5.73 Å². The van der Waals surface area contributed by atoms with E-state index >= 15 is 0 Å². The molecule has 3 heteroatoms. The standard InChI is InChI=1S/C15H13N3/c1-10-7-8-17-15(18-10)12-6-5-11-3-2-4-14(16)13(11)9-12/h2-9H,16H2,1H3. The van der Waals surface area contributed by atoms with Crippen molar-refractivity contribution in [1.82, 2.24) is 9.97 Å². The lowest BCUT2D eigenvalue weighted by molar-refractivity contribution is 1.11. The lowest BCUT2D eigenvalue weighted by Crippen LogP contribution is -1.92. The van der Waals surface area contributed by atoms with E-state index in [1.165, 1.54) is 0 Å². The first-order valence-corrected chi connectivity index (χ1v) is 5.82. The Morgan fingerprint density at radius 2 is 1.94 bits per heavy atom. The number of hydrogen-bond acceptors (Lipinski definition) is 3. The molecule has 0 aliphatic heterocycles. The number of aromatic nitrogens is 2. The fourth-order valence-electron chi connectivity index (χ4n) is 2.02. The summed E-state index contributed by atoms with van der Waals surface area (Å²) in [7, 11) is 0. The number of nitrogens with zero attached hydrogens (tertiary/aromatic N) is 2. The molecule has 3 aromatic rings. The summed E-state index contributed by atoms with van der Waals surface area (Å²) in [6.07, 6.45) is 1.77. The maximum atomic E-state index is 5.99. The normalized spacial score (nSPS) is 10.7. The largest absolute Gasteiger partial charge is 0.398 e. The molecule has 88 valence electrons. The van der Waals surface area contributed by atoms with Crippen LogP contribution in [-0.2, 0) is 0 Å². The second-order valence-electron chi connectivity index (χ2n) is 4.30. The quantitative estimate of drug-likeness (QED) is 0.659. The van der Waals surface area contributed by atoms with Crippen molar-refractivity contribution in [3.05, 3.63) is 54.4 Å². The Morgan fingerprint density at radius 3 is 2.78 bits per heavy atom. The van der Waals surface area contributed by atoms with Gasteiger partial charge in [-0.1, -0.05) is 24.3 Å². The highest BCUT2D eigenvalue weighted by Gasteiger charge is 2.04. The Bertz CT molecular complexity index is 720. The third kappa shape index (κ3) is 1.80. The van der Waals surface area contributed by atoms with E-state index in [2.05, 4.69) is 9.97 Å². The molecule has 2 aromatic carbocycles. The number of aryl methyl sites for hydroxylation is 1. The van der Waals surface area contributed by atoms with E-state index < -0.39 is 0 Å². The van der Waals surface area contributed by atoms with Crippen LogP contribution < -0.4 is 5.73 Å². The van der Waals surface area contributed by atoms with Crippen LogP contribution in [-0.4, -0.2) is 9.97 Å². The van der Waals surface area contributed by atoms with Crippen molar-refractivity contribution >= 4 is 16.5 Å². The molecule has 0 atom stereocenters. The molecule has 0 bridgehead atoms. The topological polar surface area (TPSA) is 51.8 Å². The SMILES string of the molecule is Cc1ccnc(-c2ccc3cccc(N)c3c2)n1. The van der Waals surface area contributed by atoms with Crippen LogP contribution in [0, 0.1) is 6.92 Å². The molecule has 0 spiro atoms. The highest BCUT2D eigenvalue weighted by atomic mass is 14.9. The number of rotatable bonds is 1. The summed E-state index contributed by atoms with van der Waals surface area (Å²) in [5.74, 6) is 0.736. The van der Waals surface area contributed by atoms with Crippen LogP contribution in [0.25, 0.3) is 22.2 Å². The molecular weight excluding hydrogens is 222 g/mol. The summed E-state index contributed by atoms with van der Waals surface area (Å²) in [5.41, 5.74) is 8.72. The van der Waals surface area contributed by atoms with Crippen molar-refractivity contribution in [2.45, 2.75) is 6.92 Å². The second-order valence-corrected chi connectivity index (χ2v) is 4.30. The summed E-state index contributed by atoms with van der Waals surface area (Å²) in [6.45, 7) is 1.96. The van der Waals surface area contributed by atoms with Gasteiger partial charge in [0, 0.05) is 28.5 Å². The van der Waals surface area contributed by atoms with E-state index in [1.807, 2.05) is 49.4 Å². The Labute approximate surface area is 105 Å². The van der Waals surface area contributed by atoms with Crippen LogP contribution in [0.1, 0.15) is 5.69 Å². The van der Waals surface area contributed by atoms with E-state index in [1.54, 1.807) is 6.20 Å². The Morgan fingerprint density at radius 1 is 1.06 bits per heavy atom. The fraction of sp³-hybridized carbons (Fsp3) is 0.0667. The van der Waals surface area contributed by atoms with Crippen molar-refractivity contribution in [2.24, 2.45) is 0 Å². The van der Waals surface area contributed by atoms with E-state index in [9.17, 15) is 0 Å². The summed E-state index contributed by atoms with van der Waals surface area (Å²) in [4.78, 5) is 8.72. The van der Waals surface area contributed by atoms with Gasteiger partial charge in [0.15, 0.2) is 5.82 Å². The minimum absolute atomic E-state index is 0.736. The van der Waals surface area contributed by atoms with E-state index in [0.29, 0.717) is 0 Å². The zero-order chi connectivity index (χ0) is 12.5. The number of fused-ring (bicyclic) bond motifs is 1. The van der Waals surface area contributed by atoms with Gasteiger partial charge in [-0.2, -0.15) is 0 Å². The summed E-state index contributed by atoms with van der Waals surface area (Å²) in [5, 5.41) is 2.17. The van der Waals surface area contributed by atoms with Crippen LogP contribution in [0.4, 0.5) is 5.69 Å². The maximum Gasteiger partial charge on any atom is 0.159 e. The summed E-state index contributed by atoms with van der Waals surface area (Å²) in [6, 6.07) is 13.9. The molecule has 0 amide bonds. The lowest BCUT2D eigenvalue weighted by atomic mass is 10.1. The third-order valence-corrected chi connectivity index (χ3v) is 2.97. The van der Waals surface area contributed by atoms with E-state index in [-0.39, 0.29) is 0 Å². The monoisotopic (exact) mass is 235 g/mol. The zero-order valence-electron chi connectivity index (χ0n) is 10.1. The van der Waals surface area contributed by atoms with Crippen LogP contribution in [0.5, 0.6) is 0 Å². The first kappa shape index (κ1) is 10.7. The van der Waals surface area contributed by atoms with E-state index in [0.717, 1.165) is 33.5 Å². The molecule has 0 saturated carbocycles. The molecule has 1 heterocycles. The number of nitrogens with two attached hydrogens (primary N) is 1. The second kappa shape index (κ2) is 4.11. The van der Waals surface area contributed by atoms with Gasteiger partial charge in [-0.05, 0) is 30.5 Å². The molecule has 3 nitrogen and oxygen atoms in total. The number of hydrogen-bond donors (Lipinski definition) is 1. The highest BCUT2D eigenvalue weighted by molar-refractivity contribution is 5.95. The fourth-order valence-corrected chi connectivity index (χ4v) is 2.02. The van der Waals surface area contributed by atoms with Crippen LogP contribution in [0.3, 0.4) is 0 Å². The Balaban J connectivity index is 2.22. The Hall–Kier alpha value is -2.42. The van der Waals surface area contributed by atoms with Crippen molar-refractivity contribution in [3.63, 3.8) is 0 Å². The van der Waals surface area contributed by atoms with Crippen LogP contribution in [0.2, 0.25) is 0 Å². The van der Waals surface area contributed by atoms with Gasteiger partial charge in [-0.3, -0.25) is 0 Å². The maximum absolute atomic E-state index is 5.99. The summed E-state index contributed by atoms with van der Waals surface area (Å²) >= 11 is 0. The summed E-state index contributed by atoms with van der Waals surface area (Å²) < 4.78 is 0. The highest BCUT2D eigenvalue weighted by Crippen LogP contribution is 2.25. The van der Waals surface area contributed by atoms with Crippen molar-refractivity contribution in [3.8, 4) is 11.4 Å². The van der Waals surface area contributed by atoms with Gasteiger partial charge in [0.2, 0.25) is 0 Å². The molecule has 0 radical (unpaired) electrons. The Kier molecular flexibility index (Phi) is 2.45. The van der Waals surface area contributed by atoms with Crippen molar-refractivity contribution in [1.29, 1.82) is 0 Å². The predicted octanol–water partition coefficient (Wildman–Crippen LogP) is 3.19. The van der Waals surface area contributed by atoms with Crippen molar-refractivity contribution in [2.75, 3.05) is 5.73 Å². The third-order valence-electron chi connectivity index (χ3n) is 2.97. The predicted molar refractivity (Wildman–Crippen MR) is 74.1 cm³/mol. The van der Waals surface area contributed by atoms with E-state index in [4.69, 9.17) is 5.73 Å². The van der Waals surface area contributed by atoms with Gasteiger partial charge in [-0.25, -0.2) is 9.97 Å². The minimum atomic E-state index is 0.736. The van der Waals surface area contributed by atoms with Crippen LogP contribution in [0.15, 0.2) is 48.7 Å². The zero-order valence-corrected chi connectivity index (χ0v) is 10.1. The van der Waals surface area contributed by atoms with Crippen LogP contribution >= 0.6 is 0 Å². The molecule has 3 rings (SSSR count). The minimum Gasteiger partial charge on any atom is -0.398 e. The molecule has 1 aromatic heterocycles. The first-order chi connectivity index (χ1) is 8.74. The number of benzene rings is 2. The molecular formula is C15H13N3. The van der Waals surface area contributed by atoms with Gasteiger partial charge in [0.05, 0.1) is 0 Å². The van der Waals surface area contributed by atoms with Gasteiger partial charge in [0.25, 0.3) is 0 Å². The van der Waals surface area contributed by atoms with Crippen molar-refractivity contribution < 1.29 is 0 Å². The average Bonchev–Trinajstić information content (AvgIpc) is 2.39. The van der Waals surface area contributed by atoms with Gasteiger partial charge >= 0.3 is 0 Å². The molecule has 0 fully saturated rings.